The Hall–Kier alpha value is -2.03. The van der Waals surface area contributed by atoms with Gasteiger partial charge in [-0.05, 0) is 13.0 Å². The van der Waals surface area contributed by atoms with Crippen LogP contribution < -0.4 is 5.56 Å². The third-order valence-electron chi connectivity index (χ3n) is 2.77. The van der Waals surface area contributed by atoms with Gasteiger partial charge < -0.3 is 4.74 Å². The number of aromatic nitrogens is 4. The number of ether oxygens (including phenoxy) is 1. The first-order valence-corrected chi connectivity index (χ1v) is 7.86. The van der Waals surface area contributed by atoms with Crippen LogP contribution in [0, 0.1) is 6.92 Å². The summed E-state index contributed by atoms with van der Waals surface area (Å²) < 4.78 is 6.30. The van der Waals surface area contributed by atoms with Crippen molar-refractivity contribution >= 4 is 45.5 Å². The minimum absolute atomic E-state index is 0.0917. The van der Waals surface area contributed by atoms with Crippen molar-refractivity contribution in [2.45, 2.75) is 13.5 Å². The molecule has 3 rings (SSSR count). The Balaban J connectivity index is 1.77. The molecule has 0 aliphatic rings. The van der Waals surface area contributed by atoms with Crippen LogP contribution in [-0.4, -0.2) is 25.6 Å². The highest BCUT2D eigenvalue weighted by molar-refractivity contribution is 7.16. The van der Waals surface area contributed by atoms with E-state index in [9.17, 15) is 9.59 Å². The van der Waals surface area contributed by atoms with Crippen LogP contribution >= 0.6 is 34.5 Å². The lowest BCUT2D eigenvalue weighted by atomic mass is 10.3. The van der Waals surface area contributed by atoms with E-state index in [1.165, 1.54) is 34.2 Å². The van der Waals surface area contributed by atoms with Gasteiger partial charge in [0.25, 0.3) is 5.56 Å². The molecule has 0 N–H and O–H groups in total. The average Bonchev–Trinajstić information content (AvgIpc) is 2.91. The van der Waals surface area contributed by atoms with Gasteiger partial charge in [0.15, 0.2) is 5.01 Å². The van der Waals surface area contributed by atoms with Gasteiger partial charge in [-0.3, -0.25) is 4.79 Å². The summed E-state index contributed by atoms with van der Waals surface area (Å²) in [7, 11) is 0. The van der Waals surface area contributed by atoms with Gasteiger partial charge in [0.05, 0.1) is 10.6 Å². The summed E-state index contributed by atoms with van der Waals surface area (Å²) in [6, 6.07) is 2.75. The third kappa shape index (κ3) is 3.34. The van der Waals surface area contributed by atoms with E-state index in [4.69, 9.17) is 27.9 Å². The molecule has 23 heavy (non-hydrogen) atoms. The maximum atomic E-state index is 11.9. The fourth-order valence-corrected chi connectivity index (χ4v) is 2.89. The monoisotopic (exact) mass is 370 g/mol. The van der Waals surface area contributed by atoms with Crippen molar-refractivity contribution in [2.75, 3.05) is 0 Å². The molecule has 0 fully saturated rings. The summed E-state index contributed by atoms with van der Waals surface area (Å²) in [5, 5.41) is 4.78. The first-order chi connectivity index (χ1) is 10.9. The number of carbonyl (C=O) groups is 1. The zero-order chi connectivity index (χ0) is 16.6. The molecule has 10 heteroatoms. The van der Waals surface area contributed by atoms with Crippen LogP contribution in [0.1, 0.15) is 21.1 Å². The standard InChI is InChI=1S/C13H8Cl2N4O3S/c1-6-2-10(20)19-13(17-6)23-9(18-19)5-22-12(21)7-3-8(14)11(15)16-4-7/h2-4H,5H2,1H3. The van der Waals surface area contributed by atoms with Crippen LogP contribution in [0.15, 0.2) is 23.1 Å². The fraction of sp³-hybridized carbons (Fsp3) is 0.154. The zero-order valence-corrected chi connectivity index (χ0v) is 13.9. The average molecular weight is 371 g/mol. The molecule has 7 nitrogen and oxygen atoms in total. The minimum atomic E-state index is -0.619. The predicted molar refractivity (Wildman–Crippen MR) is 85.2 cm³/mol. The van der Waals surface area contributed by atoms with Crippen molar-refractivity contribution in [3.8, 4) is 0 Å². The van der Waals surface area contributed by atoms with Gasteiger partial charge in [-0.15, -0.1) is 0 Å². The van der Waals surface area contributed by atoms with Gasteiger partial charge in [0, 0.05) is 18.0 Å². The lowest BCUT2D eigenvalue weighted by Crippen LogP contribution is -2.14. The number of rotatable bonds is 3. The van der Waals surface area contributed by atoms with Gasteiger partial charge in [-0.1, -0.05) is 34.5 Å². The summed E-state index contributed by atoms with van der Waals surface area (Å²) in [6.45, 7) is 1.63. The predicted octanol–water partition coefficient (Wildman–Crippen LogP) is 2.52. The summed E-state index contributed by atoms with van der Waals surface area (Å²) in [5.74, 6) is -0.619. The number of aryl methyl sites for hydroxylation is 1. The molecule has 0 aliphatic heterocycles. The van der Waals surface area contributed by atoms with Gasteiger partial charge in [0.1, 0.15) is 11.8 Å². The number of halogens is 2. The summed E-state index contributed by atoms with van der Waals surface area (Å²) in [6.07, 6.45) is 1.27. The molecule has 0 amide bonds. The molecule has 0 spiro atoms. The minimum Gasteiger partial charge on any atom is -0.455 e. The van der Waals surface area contributed by atoms with Crippen LogP contribution in [0.5, 0.6) is 0 Å². The van der Waals surface area contributed by atoms with E-state index in [-0.39, 0.29) is 27.9 Å². The summed E-state index contributed by atoms with van der Waals surface area (Å²) in [4.78, 5) is 32.1. The van der Waals surface area contributed by atoms with E-state index in [2.05, 4.69) is 15.1 Å². The quantitative estimate of drug-likeness (QED) is 0.520. The van der Waals surface area contributed by atoms with E-state index < -0.39 is 5.97 Å². The van der Waals surface area contributed by atoms with Crippen molar-refractivity contribution in [3.05, 3.63) is 55.1 Å². The molecule has 0 unspecified atom stereocenters. The van der Waals surface area contributed by atoms with E-state index in [0.29, 0.717) is 15.7 Å². The van der Waals surface area contributed by atoms with Gasteiger partial charge >= 0.3 is 5.97 Å². The first-order valence-electron chi connectivity index (χ1n) is 6.28. The second-order valence-electron chi connectivity index (χ2n) is 4.50. The van der Waals surface area contributed by atoms with E-state index in [1.54, 1.807) is 6.92 Å². The van der Waals surface area contributed by atoms with E-state index in [0.717, 1.165) is 0 Å². The molecule has 0 aliphatic carbocycles. The molecule has 118 valence electrons. The number of hydrogen-bond acceptors (Lipinski definition) is 7. The normalized spacial score (nSPS) is 10.9. The number of hydrogen-bond donors (Lipinski definition) is 0. The lowest BCUT2D eigenvalue weighted by Gasteiger charge is -2.02. The molecule has 3 heterocycles. The Morgan fingerprint density at radius 2 is 2.17 bits per heavy atom. The van der Waals surface area contributed by atoms with Crippen LogP contribution in [-0.2, 0) is 11.3 Å². The largest absolute Gasteiger partial charge is 0.455 e. The maximum absolute atomic E-state index is 11.9. The molecule has 0 atom stereocenters. The molecule has 3 aromatic rings. The Morgan fingerprint density at radius 3 is 2.91 bits per heavy atom. The van der Waals surface area contributed by atoms with Crippen LogP contribution in [0.25, 0.3) is 4.96 Å². The Labute approximate surface area is 143 Å². The second kappa shape index (κ2) is 6.23. The van der Waals surface area contributed by atoms with Crippen molar-refractivity contribution in [1.29, 1.82) is 0 Å². The molecule has 0 saturated heterocycles. The third-order valence-corrected chi connectivity index (χ3v) is 4.34. The fourth-order valence-electron chi connectivity index (χ4n) is 1.76. The Morgan fingerprint density at radius 1 is 1.39 bits per heavy atom. The zero-order valence-electron chi connectivity index (χ0n) is 11.6. The van der Waals surface area contributed by atoms with Crippen LogP contribution in [0.4, 0.5) is 0 Å². The van der Waals surface area contributed by atoms with Gasteiger partial charge in [-0.2, -0.15) is 9.61 Å². The number of pyridine rings is 1. The molecule has 0 bridgehead atoms. The first kappa shape index (κ1) is 15.9. The number of carbonyl (C=O) groups excluding carboxylic acids is 1. The molecule has 0 saturated carbocycles. The number of nitrogens with zero attached hydrogens (tertiary/aromatic N) is 4. The smallest absolute Gasteiger partial charge is 0.340 e. The molecular weight excluding hydrogens is 363 g/mol. The van der Waals surface area contributed by atoms with Crippen molar-refractivity contribution in [1.82, 2.24) is 19.6 Å². The van der Waals surface area contributed by atoms with Gasteiger partial charge in [0.2, 0.25) is 4.96 Å². The summed E-state index contributed by atoms with van der Waals surface area (Å²) >= 11 is 12.7. The Kier molecular flexibility index (Phi) is 4.29. The van der Waals surface area contributed by atoms with E-state index in [1.807, 2.05) is 0 Å². The van der Waals surface area contributed by atoms with Crippen LogP contribution in [0.3, 0.4) is 0 Å². The SMILES string of the molecule is Cc1cc(=O)n2nc(COC(=O)c3cnc(Cl)c(Cl)c3)sc2n1. The van der Waals surface area contributed by atoms with E-state index >= 15 is 0 Å². The lowest BCUT2D eigenvalue weighted by molar-refractivity contribution is 0.0471. The molecule has 0 aromatic carbocycles. The maximum Gasteiger partial charge on any atom is 0.340 e. The highest BCUT2D eigenvalue weighted by Gasteiger charge is 2.13. The van der Waals surface area contributed by atoms with Crippen molar-refractivity contribution in [2.24, 2.45) is 0 Å². The number of fused-ring (bicyclic) bond motifs is 1. The molecular formula is C13H8Cl2N4O3S. The number of esters is 1. The highest BCUT2D eigenvalue weighted by Crippen LogP contribution is 2.20. The summed E-state index contributed by atoms with van der Waals surface area (Å²) in [5.41, 5.74) is 0.491. The Bertz CT molecular complexity index is 969. The topological polar surface area (TPSA) is 86.5 Å². The van der Waals surface area contributed by atoms with Crippen molar-refractivity contribution < 1.29 is 9.53 Å². The van der Waals surface area contributed by atoms with Crippen LogP contribution in [0.2, 0.25) is 10.2 Å². The molecule has 0 radical (unpaired) electrons. The second-order valence-corrected chi connectivity index (χ2v) is 6.30. The van der Waals surface area contributed by atoms with Crippen molar-refractivity contribution in [3.63, 3.8) is 0 Å². The molecule has 3 aromatic heterocycles. The highest BCUT2D eigenvalue weighted by atomic mass is 35.5. The van der Waals surface area contributed by atoms with Gasteiger partial charge in [-0.25, -0.2) is 14.8 Å².